The van der Waals surface area contributed by atoms with Crippen LogP contribution in [0.2, 0.25) is 0 Å². The molecule has 0 radical (unpaired) electrons. The molecule has 0 aliphatic rings. The Morgan fingerprint density at radius 1 is 1.50 bits per heavy atom. The van der Waals surface area contributed by atoms with Crippen LogP contribution in [0.25, 0.3) is 0 Å². The van der Waals surface area contributed by atoms with Gasteiger partial charge in [0.2, 0.25) is 5.91 Å². The maximum Gasteiger partial charge on any atom is 0.241 e. The third-order valence-electron chi connectivity index (χ3n) is 2.26. The number of hydrogen-bond donors (Lipinski definition) is 2. The van der Waals surface area contributed by atoms with Gasteiger partial charge in [-0.25, -0.2) is 0 Å². The van der Waals surface area contributed by atoms with Crippen molar-refractivity contribution in [3.05, 3.63) is 22.7 Å². The van der Waals surface area contributed by atoms with Crippen LogP contribution in [0.4, 0.5) is 5.69 Å². The van der Waals surface area contributed by atoms with E-state index in [-0.39, 0.29) is 11.9 Å². The number of likely N-dealkylation sites (N-methyl/N-ethyl adjacent to an activating group) is 1. The average Bonchev–Trinajstić information content (AvgIpc) is 2.30. The van der Waals surface area contributed by atoms with E-state index in [4.69, 9.17) is 4.74 Å². The van der Waals surface area contributed by atoms with E-state index in [0.29, 0.717) is 11.4 Å². The quantitative estimate of drug-likeness (QED) is 0.890. The maximum absolute atomic E-state index is 11.7. The molecule has 0 heterocycles. The lowest BCUT2D eigenvalue weighted by Crippen LogP contribution is -2.35. The first-order valence-electron chi connectivity index (χ1n) is 4.90. The van der Waals surface area contributed by atoms with Crippen LogP contribution >= 0.6 is 15.9 Å². The zero-order valence-corrected chi connectivity index (χ0v) is 11.1. The van der Waals surface area contributed by atoms with Gasteiger partial charge in [-0.15, -0.1) is 0 Å². The summed E-state index contributed by atoms with van der Waals surface area (Å²) in [6.07, 6.45) is 0. The van der Waals surface area contributed by atoms with Crippen LogP contribution in [0.15, 0.2) is 22.7 Å². The summed E-state index contributed by atoms with van der Waals surface area (Å²) in [7, 11) is 3.33. The molecule has 0 saturated carbocycles. The number of rotatable bonds is 4. The van der Waals surface area contributed by atoms with Crippen LogP contribution in [0, 0.1) is 0 Å². The molecule has 0 aromatic heterocycles. The molecule has 0 bridgehead atoms. The number of carbonyl (C=O) groups is 1. The van der Waals surface area contributed by atoms with Gasteiger partial charge in [0, 0.05) is 10.5 Å². The second-order valence-electron chi connectivity index (χ2n) is 3.35. The molecule has 0 fully saturated rings. The molecule has 5 heteroatoms. The first-order valence-corrected chi connectivity index (χ1v) is 5.69. The highest BCUT2D eigenvalue weighted by Gasteiger charge is 2.12. The van der Waals surface area contributed by atoms with Gasteiger partial charge in [-0.1, -0.05) is 0 Å². The molecule has 1 unspecified atom stereocenters. The Labute approximate surface area is 103 Å². The minimum Gasteiger partial charge on any atom is -0.497 e. The molecular formula is C11H15BrN2O2. The lowest BCUT2D eigenvalue weighted by Gasteiger charge is -2.13. The van der Waals surface area contributed by atoms with Crippen LogP contribution in [0.3, 0.4) is 0 Å². The predicted octanol–water partition coefficient (Wildman–Crippen LogP) is 2.00. The summed E-state index contributed by atoms with van der Waals surface area (Å²) in [6.45, 7) is 1.80. The number of amides is 1. The molecular weight excluding hydrogens is 272 g/mol. The highest BCUT2D eigenvalue weighted by molar-refractivity contribution is 9.10. The summed E-state index contributed by atoms with van der Waals surface area (Å²) in [5, 5.41) is 5.68. The fourth-order valence-corrected chi connectivity index (χ4v) is 1.44. The Hall–Kier alpha value is -1.07. The van der Waals surface area contributed by atoms with E-state index < -0.39 is 0 Å². The Morgan fingerprint density at radius 3 is 2.75 bits per heavy atom. The first kappa shape index (κ1) is 13.0. The normalized spacial score (nSPS) is 12.0. The highest BCUT2D eigenvalue weighted by atomic mass is 79.9. The molecule has 16 heavy (non-hydrogen) atoms. The van der Waals surface area contributed by atoms with E-state index in [9.17, 15) is 4.79 Å². The number of methoxy groups -OCH3 is 1. The van der Waals surface area contributed by atoms with Gasteiger partial charge in [0.05, 0.1) is 18.8 Å². The van der Waals surface area contributed by atoms with Gasteiger partial charge in [0.1, 0.15) is 5.75 Å². The minimum absolute atomic E-state index is 0.0866. The summed E-state index contributed by atoms with van der Waals surface area (Å²) >= 11 is 3.37. The molecule has 2 N–H and O–H groups in total. The molecule has 1 aromatic rings. The number of benzene rings is 1. The fourth-order valence-electron chi connectivity index (χ4n) is 1.10. The lowest BCUT2D eigenvalue weighted by atomic mass is 10.2. The summed E-state index contributed by atoms with van der Waals surface area (Å²) in [4.78, 5) is 11.7. The van der Waals surface area contributed by atoms with Crippen molar-refractivity contribution in [2.75, 3.05) is 19.5 Å². The zero-order chi connectivity index (χ0) is 12.1. The number of carbonyl (C=O) groups excluding carboxylic acids is 1. The van der Waals surface area contributed by atoms with Crippen molar-refractivity contribution >= 4 is 27.5 Å². The number of anilines is 1. The van der Waals surface area contributed by atoms with Gasteiger partial charge in [0.25, 0.3) is 0 Å². The van der Waals surface area contributed by atoms with Crippen LogP contribution in [-0.4, -0.2) is 26.1 Å². The summed E-state index contributed by atoms with van der Waals surface area (Å²) in [5.41, 5.74) is 0.700. The van der Waals surface area contributed by atoms with Crippen molar-refractivity contribution in [2.24, 2.45) is 0 Å². The highest BCUT2D eigenvalue weighted by Crippen LogP contribution is 2.27. The zero-order valence-electron chi connectivity index (χ0n) is 9.50. The van der Waals surface area contributed by atoms with E-state index in [0.717, 1.165) is 4.47 Å². The molecule has 0 aliphatic heterocycles. The van der Waals surface area contributed by atoms with Gasteiger partial charge < -0.3 is 15.4 Å². The molecule has 0 spiro atoms. The molecule has 1 aromatic carbocycles. The predicted molar refractivity (Wildman–Crippen MR) is 67.8 cm³/mol. The summed E-state index contributed by atoms with van der Waals surface area (Å²) in [5.74, 6) is 0.618. The number of hydrogen-bond acceptors (Lipinski definition) is 3. The Balaban J connectivity index is 2.83. The molecule has 4 nitrogen and oxygen atoms in total. The van der Waals surface area contributed by atoms with Crippen LogP contribution < -0.4 is 15.4 Å². The minimum atomic E-state index is -0.238. The second kappa shape index (κ2) is 5.86. The van der Waals surface area contributed by atoms with Crippen molar-refractivity contribution < 1.29 is 9.53 Å². The fraction of sp³-hybridized carbons (Fsp3) is 0.364. The van der Waals surface area contributed by atoms with Crippen molar-refractivity contribution in [2.45, 2.75) is 13.0 Å². The van der Waals surface area contributed by atoms with Crippen molar-refractivity contribution in [3.63, 3.8) is 0 Å². The molecule has 0 saturated heterocycles. The van der Waals surface area contributed by atoms with Crippen molar-refractivity contribution in [1.29, 1.82) is 0 Å². The molecule has 0 aliphatic carbocycles. The van der Waals surface area contributed by atoms with Crippen LogP contribution in [0.5, 0.6) is 5.75 Å². The van der Waals surface area contributed by atoms with Gasteiger partial charge in [-0.3, -0.25) is 4.79 Å². The molecule has 1 amide bonds. The molecule has 1 atom stereocenters. The molecule has 1 rings (SSSR count). The third kappa shape index (κ3) is 3.21. The molecule has 88 valence electrons. The number of ether oxygens (including phenoxy) is 1. The number of nitrogens with one attached hydrogen (secondary N) is 2. The van der Waals surface area contributed by atoms with E-state index >= 15 is 0 Å². The van der Waals surface area contributed by atoms with E-state index in [1.165, 1.54) is 0 Å². The Kier molecular flexibility index (Phi) is 4.76. The van der Waals surface area contributed by atoms with E-state index in [1.807, 2.05) is 12.1 Å². The van der Waals surface area contributed by atoms with Gasteiger partial charge in [-0.05, 0) is 42.0 Å². The summed E-state index contributed by atoms with van der Waals surface area (Å²) in [6, 6.07) is 5.18. The van der Waals surface area contributed by atoms with Gasteiger partial charge >= 0.3 is 0 Å². The standard InChI is InChI=1S/C11H15BrN2O2/c1-7(13-2)11(15)14-10-6-8(16-3)4-5-9(10)12/h4-7,13H,1-3H3,(H,14,15). The largest absolute Gasteiger partial charge is 0.497 e. The smallest absolute Gasteiger partial charge is 0.241 e. The topological polar surface area (TPSA) is 50.4 Å². The summed E-state index contributed by atoms with van der Waals surface area (Å²) < 4.78 is 5.91. The second-order valence-corrected chi connectivity index (χ2v) is 4.20. The maximum atomic E-state index is 11.7. The SMILES string of the molecule is CNC(C)C(=O)Nc1cc(OC)ccc1Br. The van der Waals surface area contributed by atoms with Crippen LogP contribution in [0.1, 0.15) is 6.92 Å². The van der Waals surface area contributed by atoms with E-state index in [2.05, 4.69) is 26.6 Å². The number of halogens is 1. The van der Waals surface area contributed by atoms with E-state index in [1.54, 1.807) is 27.1 Å². The average molecular weight is 287 g/mol. The first-order chi connectivity index (χ1) is 7.58. The Bertz CT molecular complexity index is 382. The van der Waals surface area contributed by atoms with Crippen LogP contribution in [-0.2, 0) is 4.79 Å². The monoisotopic (exact) mass is 286 g/mol. The van der Waals surface area contributed by atoms with Crippen molar-refractivity contribution in [3.8, 4) is 5.75 Å². The Morgan fingerprint density at radius 2 is 2.19 bits per heavy atom. The third-order valence-corrected chi connectivity index (χ3v) is 2.95. The van der Waals surface area contributed by atoms with Gasteiger partial charge in [0.15, 0.2) is 0 Å². The van der Waals surface area contributed by atoms with Crippen molar-refractivity contribution in [1.82, 2.24) is 5.32 Å². The lowest BCUT2D eigenvalue weighted by molar-refractivity contribution is -0.117. The van der Waals surface area contributed by atoms with Gasteiger partial charge in [-0.2, -0.15) is 0 Å².